The number of alkyl halides is 3. The summed E-state index contributed by atoms with van der Waals surface area (Å²) in [5, 5.41) is 7.63. The number of carboxylic acids is 1. The van der Waals surface area contributed by atoms with Crippen molar-refractivity contribution in [1.29, 1.82) is 0 Å². The fourth-order valence-electron chi connectivity index (χ4n) is 1.34. The van der Waals surface area contributed by atoms with Crippen molar-refractivity contribution in [1.82, 2.24) is 0 Å². The van der Waals surface area contributed by atoms with E-state index in [-0.39, 0.29) is 16.7 Å². The lowest BCUT2D eigenvalue weighted by Gasteiger charge is -2.11. The summed E-state index contributed by atoms with van der Waals surface area (Å²) in [5.41, 5.74) is -0.717. The molecule has 0 fully saturated rings. The lowest BCUT2D eigenvalue weighted by atomic mass is 9.99. The van der Waals surface area contributed by atoms with Gasteiger partial charge in [0, 0.05) is 5.56 Å². The summed E-state index contributed by atoms with van der Waals surface area (Å²) in [7, 11) is 0. The molecule has 1 aromatic carbocycles. The van der Waals surface area contributed by atoms with Crippen LogP contribution < -0.4 is 0 Å². The highest BCUT2D eigenvalue weighted by Crippen LogP contribution is 2.29. The fraction of sp³-hybridized carbons (Fsp3) is 0.273. The summed E-state index contributed by atoms with van der Waals surface area (Å²) in [5.74, 6) is -1.81. The molecule has 0 aromatic heterocycles. The largest absolute Gasteiger partial charge is 0.478 e. The molecule has 0 heterocycles. The van der Waals surface area contributed by atoms with E-state index in [1.165, 1.54) is 6.92 Å². The first-order chi connectivity index (χ1) is 7.84. The van der Waals surface area contributed by atoms with Gasteiger partial charge in [-0.1, -0.05) is 6.07 Å². The monoisotopic (exact) mass is 262 g/mol. The highest BCUT2D eigenvalue weighted by Gasteiger charge is 2.22. The Morgan fingerprint density at radius 1 is 1.35 bits per heavy atom. The molecule has 1 N–H and O–H groups in total. The molecule has 0 aliphatic heterocycles. The van der Waals surface area contributed by atoms with Gasteiger partial charge in [-0.05, 0) is 24.6 Å². The summed E-state index contributed by atoms with van der Waals surface area (Å²) in [4.78, 5) is 22.0. The molecule has 1 rings (SSSR count). The van der Waals surface area contributed by atoms with Gasteiger partial charge in [0.2, 0.25) is 0 Å². The van der Waals surface area contributed by atoms with Crippen LogP contribution in [0.5, 0.6) is 0 Å². The van der Waals surface area contributed by atoms with Crippen LogP contribution in [0.25, 0.3) is 0 Å². The van der Waals surface area contributed by atoms with Crippen molar-refractivity contribution in [2.24, 2.45) is 0 Å². The molecular formula is C11H9ClF2O3. The number of rotatable bonds is 4. The number of aromatic carboxylic acids is 1. The van der Waals surface area contributed by atoms with E-state index >= 15 is 0 Å². The first-order valence-electron chi connectivity index (χ1n) is 4.64. The molecule has 17 heavy (non-hydrogen) atoms. The number of benzene rings is 1. The predicted octanol–water partition coefficient (Wildman–Crippen LogP) is 3.19. The van der Waals surface area contributed by atoms with E-state index in [9.17, 15) is 18.4 Å². The van der Waals surface area contributed by atoms with E-state index in [0.29, 0.717) is 0 Å². The van der Waals surface area contributed by atoms with Crippen molar-refractivity contribution in [2.45, 2.75) is 18.7 Å². The van der Waals surface area contributed by atoms with Gasteiger partial charge >= 0.3 is 5.97 Å². The van der Waals surface area contributed by atoms with Crippen molar-refractivity contribution in [3.05, 3.63) is 34.9 Å². The first kappa shape index (κ1) is 13.6. The van der Waals surface area contributed by atoms with Gasteiger partial charge in [0.05, 0.1) is 5.56 Å². The minimum Gasteiger partial charge on any atom is -0.478 e. The zero-order valence-corrected chi connectivity index (χ0v) is 9.54. The molecule has 1 unspecified atom stereocenters. The summed E-state index contributed by atoms with van der Waals surface area (Å²) >= 11 is 5.71. The third-order valence-electron chi connectivity index (χ3n) is 2.19. The summed E-state index contributed by atoms with van der Waals surface area (Å²) < 4.78 is 24.9. The zero-order chi connectivity index (χ0) is 13.2. The summed E-state index contributed by atoms with van der Waals surface area (Å²) in [6.07, 6.45) is -2.74. The molecule has 0 radical (unpaired) electrons. The van der Waals surface area contributed by atoms with Crippen LogP contribution in [0, 0.1) is 0 Å². The number of hydrogen-bond acceptors (Lipinski definition) is 2. The normalized spacial score (nSPS) is 12.5. The number of carbonyl (C=O) groups is 2. The lowest BCUT2D eigenvalue weighted by Crippen LogP contribution is -2.10. The van der Waals surface area contributed by atoms with Crippen LogP contribution in [0.2, 0.25) is 0 Å². The lowest BCUT2D eigenvalue weighted by molar-refractivity contribution is -0.116. The Balaban J connectivity index is 3.35. The standard InChI is InChI=1S/C11H9ClF2O3/c1-5(15)9(12)8-4-6(10(13)14)2-3-7(8)11(16)17/h2-4,9-10H,1H3,(H,16,17). The van der Waals surface area contributed by atoms with Crippen molar-refractivity contribution < 1.29 is 23.5 Å². The molecule has 0 saturated carbocycles. The van der Waals surface area contributed by atoms with Crippen LogP contribution in [0.3, 0.4) is 0 Å². The topological polar surface area (TPSA) is 54.4 Å². The van der Waals surface area contributed by atoms with Gasteiger partial charge < -0.3 is 5.11 Å². The minimum absolute atomic E-state index is 0.107. The highest BCUT2D eigenvalue weighted by atomic mass is 35.5. The third-order valence-corrected chi connectivity index (χ3v) is 2.73. The second-order valence-corrected chi connectivity index (χ2v) is 3.86. The highest BCUT2D eigenvalue weighted by molar-refractivity contribution is 6.31. The quantitative estimate of drug-likeness (QED) is 0.848. The number of carbonyl (C=O) groups excluding carboxylic acids is 1. The summed E-state index contributed by atoms with van der Waals surface area (Å²) in [6, 6.07) is 2.98. The first-order valence-corrected chi connectivity index (χ1v) is 5.08. The van der Waals surface area contributed by atoms with E-state index < -0.39 is 23.6 Å². The van der Waals surface area contributed by atoms with Gasteiger partial charge in [0.1, 0.15) is 5.38 Å². The Morgan fingerprint density at radius 3 is 2.35 bits per heavy atom. The Hall–Kier alpha value is -1.49. The maximum Gasteiger partial charge on any atom is 0.336 e. The van der Waals surface area contributed by atoms with E-state index in [4.69, 9.17) is 16.7 Å². The van der Waals surface area contributed by atoms with E-state index in [1.54, 1.807) is 0 Å². The average molecular weight is 263 g/mol. The maximum atomic E-state index is 12.5. The minimum atomic E-state index is -2.74. The molecule has 0 amide bonds. The van der Waals surface area contributed by atoms with Crippen LogP contribution in [-0.2, 0) is 4.79 Å². The second kappa shape index (κ2) is 5.23. The summed E-state index contributed by atoms with van der Waals surface area (Å²) in [6.45, 7) is 1.17. The zero-order valence-electron chi connectivity index (χ0n) is 8.78. The molecule has 92 valence electrons. The Labute approximate surface area is 101 Å². The predicted molar refractivity (Wildman–Crippen MR) is 57.6 cm³/mol. The van der Waals surface area contributed by atoms with Gasteiger partial charge in [-0.25, -0.2) is 13.6 Å². The second-order valence-electron chi connectivity index (χ2n) is 3.43. The average Bonchev–Trinajstić information content (AvgIpc) is 2.26. The molecule has 0 aliphatic carbocycles. The number of hydrogen-bond donors (Lipinski definition) is 1. The molecule has 0 aliphatic rings. The van der Waals surface area contributed by atoms with Gasteiger partial charge in [-0.2, -0.15) is 0 Å². The van der Waals surface area contributed by atoms with E-state index in [0.717, 1.165) is 18.2 Å². The van der Waals surface area contributed by atoms with Crippen LogP contribution in [0.4, 0.5) is 8.78 Å². The van der Waals surface area contributed by atoms with E-state index in [2.05, 4.69) is 0 Å². The van der Waals surface area contributed by atoms with Crippen LogP contribution in [0.1, 0.15) is 40.2 Å². The van der Waals surface area contributed by atoms with Gasteiger partial charge in [-0.15, -0.1) is 11.6 Å². The SMILES string of the molecule is CC(=O)C(Cl)c1cc(C(F)F)ccc1C(=O)O. The molecule has 6 heteroatoms. The van der Waals surface area contributed by atoms with Crippen molar-refractivity contribution >= 4 is 23.4 Å². The van der Waals surface area contributed by atoms with Crippen molar-refractivity contribution in [3.8, 4) is 0 Å². The Kier molecular flexibility index (Phi) is 4.17. The number of halogens is 3. The van der Waals surface area contributed by atoms with Crippen molar-refractivity contribution in [2.75, 3.05) is 0 Å². The third kappa shape index (κ3) is 3.00. The molecule has 0 bridgehead atoms. The molecule has 1 atom stereocenters. The molecule has 0 spiro atoms. The molecular weight excluding hydrogens is 254 g/mol. The van der Waals surface area contributed by atoms with Crippen LogP contribution in [-0.4, -0.2) is 16.9 Å². The smallest absolute Gasteiger partial charge is 0.336 e. The molecule has 1 aromatic rings. The van der Waals surface area contributed by atoms with E-state index in [1.807, 2.05) is 0 Å². The van der Waals surface area contributed by atoms with Gasteiger partial charge in [0.15, 0.2) is 5.78 Å². The van der Waals surface area contributed by atoms with Gasteiger partial charge in [0.25, 0.3) is 6.43 Å². The van der Waals surface area contributed by atoms with Crippen LogP contribution >= 0.6 is 11.6 Å². The number of Topliss-reactive ketones (excluding diaryl/α,β-unsaturated/α-hetero) is 1. The van der Waals surface area contributed by atoms with Gasteiger partial charge in [-0.3, -0.25) is 4.79 Å². The Bertz CT molecular complexity index is 460. The number of ketones is 1. The molecule has 3 nitrogen and oxygen atoms in total. The van der Waals surface area contributed by atoms with Crippen molar-refractivity contribution in [3.63, 3.8) is 0 Å². The van der Waals surface area contributed by atoms with Crippen LogP contribution in [0.15, 0.2) is 18.2 Å². The Morgan fingerprint density at radius 2 is 1.94 bits per heavy atom. The fourth-order valence-corrected chi connectivity index (χ4v) is 1.52. The maximum absolute atomic E-state index is 12.5. The number of carboxylic acid groups (broad SMARTS) is 1. The molecule has 0 saturated heterocycles.